The van der Waals surface area contributed by atoms with Crippen LogP contribution in [-0.4, -0.2) is 31.2 Å². The van der Waals surface area contributed by atoms with E-state index in [0.717, 1.165) is 17.1 Å². The second kappa shape index (κ2) is 5.80. The molecule has 0 saturated carbocycles. The van der Waals surface area contributed by atoms with Crippen molar-refractivity contribution >= 4 is 19.6 Å². The van der Waals surface area contributed by atoms with Crippen LogP contribution in [0.2, 0.25) is 0 Å². The average Bonchev–Trinajstić information content (AvgIpc) is 2.36. The van der Waals surface area contributed by atoms with Crippen LogP contribution in [0.1, 0.15) is 13.8 Å². The van der Waals surface area contributed by atoms with Crippen LogP contribution < -0.4 is 0 Å². The van der Waals surface area contributed by atoms with Crippen molar-refractivity contribution in [2.75, 3.05) is 6.67 Å². The maximum atomic E-state index is 4.18. The Balaban J connectivity index is 3.16. The average molecular weight is 216 g/mol. The van der Waals surface area contributed by atoms with Gasteiger partial charge in [0, 0.05) is 12.4 Å². The Morgan fingerprint density at radius 3 is 2.62 bits per heavy atom. The molecule has 1 aliphatic heterocycles. The van der Waals surface area contributed by atoms with Gasteiger partial charge in [0.15, 0.2) is 0 Å². The van der Waals surface area contributed by atoms with Gasteiger partial charge in [0.05, 0.1) is 17.1 Å². The molecule has 0 N–H and O–H groups in total. The van der Waals surface area contributed by atoms with Crippen LogP contribution in [0.4, 0.5) is 0 Å². The third-order valence-electron chi connectivity index (χ3n) is 2.24. The van der Waals surface area contributed by atoms with Crippen LogP contribution in [0.5, 0.6) is 0 Å². The first-order valence-corrected chi connectivity index (χ1v) is 4.98. The van der Waals surface area contributed by atoms with E-state index < -0.39 is 0 Å². The first kappa shape index (κ1) is 12.1. The van der Waals surface area contributed by atoms with Gasteiger partial charge < -0.3 is 4.90 Å². The van der Waals surface area contributed by atoms with E-state index in [1.807, 2.05) is 37.1 Å². The molecule has 1 heterocycles. The van der Waals surface area contributed by atoms with Gasteiger partial charge in [-0.05, 0) is 33.4 Å². The molecule has 0 bridgehead atoms. The predicted molar refractivity (Wildman–Crippen MR) is 69.9 cm³/mol. The van der Waals surface area contributed by atoms with Crippen molar-refractivity contribution in [2.24, 2.45) is 15.0 Å². The third kappa shape index (κ3) is 2.53. The summed E-state index contributed by atoms with van der Waals surface area (Å²) < 4.78 is 0. The molecule has 84 valence electrons. The third-order valence-corrected chi connectivity index (χ3v) is 2.24. The lowest BCUT2D eigenvalue weighted by Gasteiger charge is -2.24. The van der Waals surface area contributed by atoms with Crippen LogP contribution >= 0.6 is 0 Å². The first-order chi connectivity index (χ1) is 7.74. The largest absolute Gasteiger partial charge is 0.325 e. The number of rotatable bonds is 4. The second-order valence-electron chi connectivity index (χ2n) is 3.21. The molecule has 4 heteroatoms. The standard InChI is InChI=1S/C12H16N4/c1-5-11(14-4)12(10(2)13-3)16-8-6-7-15-9-16/h5-8H,3-4,9H2,1-2H3/b11-5-,12-10-. The van der Waals surface area contributed by atoms with Crippen molar-refractivity contribution in [3.63, 3.8) is 0 Å². The highest BCUT2D eigenvalue weighted by molar-refractivity contribution is 5.71. The molecule has 0 atom stereocenters. The molecule has 0 fully saturated rings. The molecule has 0 spiro atoms. The fourth-order valence-electron chi connectivity index (χ4n) is 1.45. The maximum Gasteiger partial charge on any atom is 0.114 e. The molecule has 0 saturated heterocycles. The highest BCUT2D eigenvalue weighted by Crippen LogP contribution is 2.22. The van der Waals surface area contributed by atoms with Gasteiger partial charge in [-0.1, -0.05) is 6.08 Å². The fourth-order valence-corrected chi connectivity index (χ4v) is 1.45. The molecule has 16 heavy (non-hydrogen) atoms. The van der Waals surface area contributed by atoms with E-state index in [-0.39, 0.29) is 0 Å². The molecule has 0 unspecified atom stereocenters. The summed E-state index contributed by atoms with van der Waals surface area (Å²) >= 11 is 0. The van der Waals surface area contributed by atoms with Crippen LogP contribution in [0.25, 0.3) is 0 Å². The lowest BCUT2D eigenvalue weighted by Crippen LogP contribution is -2.21. The van der Waals surface area contributed by atoms with Crippen LogP contribution in [0.15, 0.2) is 50.4 Å². The van der Waals surface area contributed by atoms with Gasteiger partial charge in [-0.25, -0.2) is 0 Å². The summed E-state index contributed by atoms with van der Waals surface area (Å²) in [4.78, 5) is 14.1. The van der Waals surface area contributed by atoms with Crippen molar-refractivity contribution in [1.82, 2.24) is 4.90 Å². The van der Waals surface area contributed by atoms with Crippen molar-refractivity contribution in [3.8, 4) is 0 Å². The zero-order valence-electron chi connectivity index (χ0n) is 9.72. The van der Waals surface area contributed by atoms with Gasteiger partial charge in [0.2, 0.25) is 0 Å². The van der Waals surface area contributed by atoms with Gasteiger partial charge in [0.25, 0.3) is 0 Å². The summed E-state index contributed by atoms with van der Waals surface area (Å²) in [5.41, 5.74) is 2.48. The summed E-state index contributed by atoms with van der Waals surface area (Å²) in [6.07, 6.45) is 7.46. The van der Waals surface area contributed by atoms with Crippen LogP contribution in [0, 0.1) is 0 Å². The van der Waals surface area contributed by atoms with Crippen LogP contribution in [-0.2, 0) is 0 Å². The van der Waals surface area contributed by atoms with Crippen molar-refractivity contribution in [3.05, 3.63) is 35.4 Å². The predicted octanol–water partition coefficient (Wildman–Crippen LogP) is 2.38. The summed E-state index contributed by atoms with van der Waals surface area (Å²) in [6.45, 7) is 11.5. The number of hydrogen-bond donors (Lipinski definition) is 0. The Morgan fingerprint density at radius 1 is 1.44 bits per heavy atom. The molecule has 0 radical (unpaired) electrons. The zero-order valence-corrected chi connectivity index (χ0v) is 9.72. The van der Waals surface area contributed by atoms with E-state index in [2.05, 4.69) is 28.4 Å². The molecule has 0 aromatic rings. The molecule has 0 aromatic carbocycles. The van der Waals surface area contributed by atoms with E-state index in [0.29, 0.717) is 6.67 Å². The van der Waals surface area contributed by atoms with E-state index in [1.54, 1.807) is 6.21 Å². The molecule has 0 amide bonds. The Labute approximate surface area is 96.1 Å². The molecule has 1 rings (SSSR count). The monoisotopic (exact) mass is 216 g/mol. The molecule has 1 aliphatic rings. The minimum Gasteiger partial charge on any atom is -0.325 e. The lowest BCUT2D eigenvalue weighted by atomic mass is 10.2. The van der Waals surface area contributed by atoms with Gasteiger partial charge in [-0.15, -0.1) is 0 Å². The Hall–Kier alpha value is -1.97. The summed E-state index contributed by atoms with van der Waals surface area (Å²) in [6, 6.07) is 0. The topological polar surface area (TPSA) is 40.3 Å². The summed E-state index contributed by atoms with van der Waals surface area (Å²) in [7, 11) is 0. The molecular weight excluding hydrogens is 200 g/mol. The van der Waals surface area contributed by atoms with Gasteiger partial charge in [-0.2, -0.15) is 0 Å². The van der Waals surface area contributed by atoms with Crippen molar-refractivity contribution < 1.29 is 0 Å². The van der Waals surface area contributed by atoms with E-state index >= 15 is 0 Å². The smallest absolute Gasteiger partial charge is 0.114 e. The van der Waals surface area contributed by atoms with Crippen LogP contribution in [0.3, 0.4) is 0 Å². The lowest BCUT2D eigenvalue weighted by molar-refractivity contribution is 0.478. The highest BCUT2D eigenvalue weighted by Gasteiger charge is 2.14. The number of nitrogens with zero attached hydrogens (tertiary/aromatic N) is 4. The van der Waals surface area contributed by atoms with Crippen molar-refractivity contribution in [2.45, 2.75) is 13.8 Å². The maximum absolute atomic E-state index is 4.18. The molecule has 4 nitrogen and oxygen atoms in total. The van der Waals surface area contributed by atoms with E-state index in [1.165, 1.54) is 0 Å². The Morgan fingerprint density at radius 2 is 2.19 bits per heavy atom. The quantitative estimate of drug-likeness (QED) is 0.525. The SMILES string of the molecule is C=NC(=C\C)/C(=C(\C)N=C)N1C=CC=NC1. The first-order valence-electron chi connectivity index (χ1n) is 4.98. The minimum absolute atomic E-state index is 0.561. The van der Waals surface area contributed by atoms with Gasteiger partial charge in [0.1, 0.15) is 6.67 Å². The minimum atomic E-state index is 0.561. The number of hydrogen-bond acceptors (Lipinski definition) is 4. The Bertz CT molecular complexity index is 399. The van der Waals surface area contributed by atoms with Crippen molar-refractivity contribution in [1.29, 1.82) is 0 Å². The molecule has 0 aromatic heterocycles. The Kier molecular flexibility index (Phi) is 4.39. The summed E-state index contributed by atoms with van der Waals surface area (Å²) in [5.74, 6) is 0. The van der Waals surface area contributed by atoms with Gasteiger partial charge in [-0.3, -0.25) is 15.0 Å². The normalized spacial score (nSPS) is 17.1. The van der Waals surface area contributed by atoms with E-state index in [4.69, 9.17) is 0 Å². The highest BCUT2D eigenvalue weighted by atomic mass is 15.2. The zero-order chi connectivity index (χ0) is 12.0. The number of allylic oxidation sites excluding steroid dienone is 3. The second-order valence-corrected chi connectivity index (χ2v) is 3.21. The number of aliphatic imine (C=N–C) groups is 3. The van der Waals surface area contributed by atoms with E-state index in [9.17, 15) is 0 Å². The molecular formula is C12H16N4. The summed E-state index contributed by atoms with van der Waals surface area (Å²) in [5, 5.41) is 0. The fraction of sp³-hybridized carbons (Fsp3) is 0.250. The van der Waals surface area contributed by atoms with Gasteiger partial charge >= 0.3 is 0 Å². The molecule has 0 aliphatic carbocycles.